The highest BCUT2D eigenvalue weighted by molar-refractivity contribution is 7.80. The van der Waals surface area contributed by atoms with E-state index < -0.39 is 5.97 Å². The van der Waals surface area contributed by atoms with Gasteiger partial charge in [-0.2, -0.15) is 0 Å². The second-order valence-corrected chi connectivity index (χ2v) is 8.22. The maximum atomic E-state index is 12.2. The lowest BCUT2D eigenvalue weighted by Gasteiger charge is -2.12. The summed E-state index contributed by atoms with van der Waals surface area (Å²) >= 11 is 24.9. The van der Waals surface area contributed by atoms with Crippen molar-refractivity contribution in [3.05, 3.63) is 69.2 Å². The molecule has 0 saturated carbocycles. The van der Waals surface area contributed by atoms with Crippen LogP contribution < -0.4 is 10.6 Å². The minimum atomic E-state index is -0.462. The summed E-state index contributed by atoms with van der Waals surface area (Å²) in [6, 6.07) is 14.6. The number of esters is 1. The Bertz CT molecular complexity index is 1040. The number of carbonyl (C=O) groups is 1. The van der Waals surface area contributed by atoms with Crippen molar-refractivity contribution in [3.8, 4) is 10.4 Å². The molecule has 0 atom stereocenters. The molecule has 2 aromatic carbocycles. The van der Waals surface area contributed by atoms with Crippen LogP contribution in [0.2, 0.25) is 15.1 Å². The van der Waals surface area contributed by atoms with Gasteiger partial charge in [0.25, 0.3) is 0 Å². The summed E-state index contributed by atoms with van der Waals surface area (Å²) in [5.74, 6) is -0.462. The van der Waals surface area contributed by atoms with Crippen molar-refractivity contribution in [2.24, 2.45) is 0 Å². The van der Waals surface area contributed by atoms with Crippen molar-refractivity contribution in [2.75, 3.05) is 17.7 Å². The highest BCUT2D eigenvalue weighted by Gasteiger charge is 2.19. The van der Waals surface area contributed by atoms with Gasteiger partial charge in [0.15, 0.2) is 5.11 Å². The number of ether oxygens (including phenoxy) is 1. The largest absolute Gasteiger partial charge is 0.465 e. The van der Waals surface area contributed by atoms with Crippen LogP contribution in [-0.4, -0.2) is 18.2 Å². The molecule has 1 aromatic heterocycles. The first-order chi connectivity index (χ1) is 13.4. The van der Waals surface area contributed by atoms with Crippen LogP contribution in [0.15, 0.2) is 48.5 Å². The molecule has 0 aliphatic carbocycles. The average Bonchev–Trinajstić information content (AvgIpc) is 3.10. The summed E-state index contributed by atoms with van der Waals surface area (Å²) in [6.07, 6.45) is 0. The summed E-state index contributed by atoms with van der Waals surface area (Å²) in [4.78, 5) is 13.1. The molecule has 0 saturated heterocycles. The number of carbonyl (C=O) groups excluding carboxylic acids is 1. The standard InChI is InChI=1S/C19H13Cl3N2O2S2/c1-26-18(25)11-7-16(10-5-3-2-4-6-10)28-17(11)24-19(27)23-15-9-13(21)12(20)8-14(15)22/h2-9H,1H3,(H2,23,24,27). The maximum Gasteiger partial charge on any atom is 0.340 e. The molecule has 4 nitrogen and oxygen atoms in total. The zero-order valence-corrected chi connectivity index (χ0v) is 18.3. The number of nitrogens with one attached hydrogen (secondary N) is 2. The Balaban J connectivity index is 1.86. The molecule has 3 aromatic rings. The molecule has 28 heavy (non-hydrogen) atoms. The molecule has 1 heterocycles. The molecule has 144 valence electrons. The number of thiophene rings is 1. The summed E-state index contributed by atoms with van der Waals surface area (Å²) in [5.41, 5.74) is 1.86. The van der Waals surface area contributed by atoms with Crippen molar-refractivity contribution >= 4 is 80.1 Å². The average molecular weight is 472 g/mol. The number of methoxy groups -OCH3 is 1. The van der Waals surface area contributed by atoms with Gasteiger partial charge in [0.1, 0.15) is 5.00 Å². The summed E-state index contributed by atoms with van der Waals surface area (Å²) < 4.78 is 4.88. The van der Waals surface area contributed by atoms with Crippen molar-refractivity contribution in [3.63, 3.8) is 0 Å². The Morgan fingerprint density at radius 1 is 1.00 bits per heavy atom. The smallest absolute Gasteiger partial charge is 0.340 e. The normalized spacial score (nSPS) is 10.4. The third-order valence-corrected chi connectivity index (χ3v) is 6.02. The Labute approximate surface area is 186 Å². The lowest BCUT2D eigenvalue weighted by atomic mass is 10.1. The fourth-order valence-corrected chi connectivity index (χ4v) is 4.29. The topological polar surface area (TPSA) is 50.4 Å². The zero-order valence-electron chi connectivity index (χ0n) is 14.4. The molecular formula is C19H13Cl3N2O2S2. The van der Waals surface area contributed by atoms with Crippen molar-refractivity contribution in [1.29, 1.82) is 0 Å². The highest BCUT2D eigenvalue weighted by atomic mass is 35.5. The van der Waals surface area contributed by atoms with Gasteiger partial charge in [0.2, 0.25) is 0 Å². The number of halogens is 3. The maximum absolute atomic E-state index is 12.2. The molecule has 0 aliphatic rings. The molecule has 0 amide bonds. The molecule has 0 bridgehead atoms. The van der Waals surface area contributed by atoms with E-state index in [0.717, 1.165) is 10.4 Å². The van der Waals surface area contributed by atoms with Crippen LogP contribution >= 0.6 is 58.4 Å². The Hall–Kier alpha value is -1.83. The quantitative estimate of drug-likeness (QED) is 0.244. The molecule has 9 heteroatoms. The van der Waals surface area contributed by atoms with E-state index in [1.165, 1.54) is 24.5 Å². The van der Waals surface area contributed by atoms with Gasteiger partial charge in [-0.25, -0.2) is 4.79 Å². The van der Waals surface area contributed by atoms with E-state index >= 15 is 0 Å². The van der Waals surface area contributed by atoms with Crippen molar-refractivity contribution < 1.29 is 9.53 Å². The van der Waals surface area contributed by atoms with Gasteiger partial charge in [0, 0.05) is 4.88 Å². The first-order valence-electron chi connectivity index (χ1n) is 7.89. The third-order valence-electron chi connectivity index (χ3n) is 3.68. The fraction of sp³-hybridized carbons (Fsp3) is 0.0526. The Morgan fingerprint density at radius 3 is 2.36 bits per heavy atom. The predicted octanol–water partition coefficient (Wildman–Crippen LogP) is 6.97. The molecule has 0 fully saturated rings. The van der Waals surface area contributed by atoms with Crippen LogP contribution in [0.3, 0.4) is 0 Å². The summed E-state index contributed by atoms with van der Waals surface area (Å²) in [5, 5.41) is 7.83. The van der Waals surface area contributed by atoms with Crippen molar-refractivity contribution in [1.82, 2.24) is 0 Å². The molecule has 0 unspecified atom stereocenters. The van der Waals surface area contributed by atoms with Gasteiger partial charge in [-0.1, -0.05) is 65.1 Å². The van der Waals surface area contributed by atoms with Crippen LogP contribution in [0.5, 0.6) is 0 Å². The molecule has 0 aliphatic heterocycles. The van der Waals surface area contributed by atoms with E-state index in [-0.39, 0.29) is 5.11 Å². The highest BCUT2D eigenvalue weighted by Crippen LogP contribution is 2.36. The summed E-state index contributed by atoms with van der Waals surface area (Å²) in [7, 11) is 1.33. The monoisotopic (exact) mass is 470 g/mol. The van der Waals surface area contributed by atoms with Crippen LogP contribution in [0.1, 0.15) is 10.4 Å². The second kappa shape index (κ2) is 9.11. The van der Waals surface area contributed by atoms with Crippen LogP contribution in [0, 0.1) is 0 Å². The summed E-state index contributed by atoms with van der Waals surface area (Å²) in [6.45, 7) is 0. The fourth-order valence-electron chi connectivity index (χ4n) is 2.37. The zero-order chi connectivity index (χ0) is 20.3. The predicted molar refractivity (Wildman–Crippen MR) is 122 cm³/mol. The van der Waals surface area contributed by atoms with E-state index in [1.54, 1.807) is 12.1 Å². The molecule has 0 radical (unpaired) electrons. The lowest BCUT2D eigenvalue weighted by molar-refractivity contribution is 0.0602. The van der Waals surface area contributed by atoms with Crippen LogP contribution in [-0.2, 0) is 4.74 Å². The first-order valence-corrected chi connectivity index (χ1v) is 10.2. The number of hydrogen-bond acceptors (Lipinski definition) is 4. The van der Waals surface area contributed by atoms with Gasteiger partial charge in [0.05, 0.1) is 33.4 Å². The molecule has 2 N–H and O–H groups in total. The van der Waals surface area contributed by atoms with E-state index in [9.17, 15) is 4.79 Å². The van der Waals surface area contributed by atoms with E-state index in [4.69, 9.17) is 51.8 Å². The first kappa shape index (κ1) is 20.9. The lowest BCUT2D eigenvalue weighted by Crippen LogP contribution is -2.20. The van der Waals surface area contributed by atoms with Crippen molar-refractivity contribution in [2.45, 2.75) is 0 Å². The Morgan fingerprint density at radius 2 is 1.68 bits per heavy atom. The van der Waals surface area contributed by atoms with E-state index in [2.05, 4.69) is 10.6 Å². The number of thiocarbonyl (C=S) groups is 1. The Kier molecular flexibility index (Phi) is 6.80. The van der Waals surface area contributed by atoms with Gasteiger partial charge in [-0.05, 0) is 36.0 Å². The van der Waals surface area contributed by atoms with E-state index in [1.807, 2.05) is 30.3 Å². The molecular weight excluding hydrogens is 459 g/mol. The van der Waals surface area contributed by atoms with E-state index in [0.29, 0.717) is 31.3 Å². The van der Waals surface area contributed by atoms with Gasteiger partial charge in [-0.15, -0.1) is 11.3 Å². The minimum Gasteiger partial charge on any atom is -0.465 e. The second-order valence-electron chi connectivity index (χ2n) is 5.54. The number of rotatable bonds is 4. The van der Waals surface area contributed by atoms with Gasteiger partial charge >= 0.3 is 5.97 Å². The number of benzene rings is 2. The SMILES string of the molecule is COC(=O)c1cc(-c2ccccc2)sc1NC(=S)Nc1cc(Cl)c(Cl)cc1Cl. The van der Waals surface area contributed by atoms with Gasteiger partial charge in [-0.3, -0.25) is 0 Å². The van der Waals surface area contributed by atoms with Gasteiger partial charge < -0.3 is 15.4 Å². The van der Waals surface area contributed by atoms with Crippen LogP contribution in [0.25, 0.3) is 10.4 Å². The number of anilines is 2. The minimum absolute atomic E-state index is 0.243. The molecule has 0 spiro atoms. The molecule has 3 rings (SSSR count). The third kappa shape index (κ3) is 4.77. The number of hydrogen-bond donors (Lipinski definition) is 2. The van der Waals surface area contributed by atoms with Crippen LogP contribution in [0.4, 0.5) is 10.7 Å².